The molecule has 2 rings (SSSR count). The fourth-order valence-electron chi connectivity index (χ4n) is 2.02. The first kappa shape index (κ1) is 14.7. The molecule has 0 fully saturated rings. The van der Waals surface area contributed by atoms with Crippen LogP contribution in [0.15, 0.2) is 40.8 Å². The van der Waals surface area contributed by atoms with Crippen LogP contribution in [-0.4, -0.2) is 17.4 Å². The van der Waals surface area contributed by atoms with Gasteiger partial charge < -0.3 is 9.32 Å². The highest BCUT2D eigenvalue weighted by atomic mass is 35.5. The van der Waals surface area contributed by atoms with Gasteiger partial charge in [0.25, 0.3) is 5.91 Å². The molecule has 1 aromatic heterocycles. The van der Waals surface area contributed by atoms with E-state index in [-0.39, 0.29) is 16.9 Å². The quantitative estimate of drug-likeness (QED) is 0.823. The van der Waals surface area contributed by atoms with E-state index in [1.807, 2.05) is 38.1 Å². The summed E-state index contributed by atoms with van der Waals surface area (Å²) >= 11 is 5.73. The molecule has 20 heavy (non-hydrogen) atoms. The van der Waals surface area contributed by atoms with Gasteiger partial charge in [0.1, 0.15) is 0 Å². The minimum absolute atomic E-state index is 0.126. The van der Waals surface area contributed by atoms with E-state index in [2.05, 4.69) is 0 Å². The molecule has 1 amide bonds. The molecular weight excluding hydrogens is 274 g/mol. The molecular formula is C16H18ClNO2. The molecule has 0 saturated heterocycles. The van der Waals surface area contributed by atoms with Crippen molar-refractivity contribution in [1.82, 2.24) is 4.90 Å². The van der Waals surface area contributed by atoms with Crippen LogP contribution in [0.4, 0.5) is 0 Å². The van der Waals surface area contributed by atoms with Crippen molar-refractivity contribution in [1.29, 1.82) is 0 Å². The maximum atomic E-state index is 12.4. The van der Waals surface area contributed by atoms with Gasteiger partial charge in [-0.25, -0.2) is 0 Å². The smallest absolute Gasteiger partial charge is 0.289 e. The van der Waals surface area contributed by atoms with Crippen molar-refractivity contribution < 1.29 is 9.21 Å². The number of furan rings is 1. The predicted molar refractivity (Wildman–Crippen MR) is 79.9 cm³/mol. The lowest BCUT2D eigenvalue weighted by Gasteiger charge is -2.21. The number of halogens is 1. The number of hydrogen-bond donors (Lipinski definition) is 0. The second-order valence-electron chi connectivity index (χ2n) is 4.82. The first-order valence-corrected chi connectivity index (χ1v) is 7.08. The van der Waals surface area contributed by atoms with Crippen molar-refractivity contribution in [2.45, 2.75) is 26.8 Å². The molecule has 0 spiro atoms. The van der Waals surface area contributed by atoms with E-state index >= 15 is 0 Å². The third-order valence-corrected chi connectivity index (χ3v) is 3.26. The van der Waals surface area contributed by atoms with Gasteiger partial charge in [0, 0.05) is 13.1 Å². The Kier molecular flexibility index (Phi) is 4.85. The Labute approximate surface area is 124 Å². The van der Waals surface area contributed by atoms with Crippen molar-refractivity contribution in [2.24, 2.45) is 0 Å². The van der Waals surface area contributed by atoms with Crippen molar-refractivity contribution in [3.63, 3.8) is 0 Å². The minimum atomic E-state index is -0.126. The Bertz CT molecular complexity index is 574. The van der Waals surface area contributed by atoms with Crippen LogP contribution >= 0.6 is 11.6 Å². The maximum Gasteiger partial charge on any atom is 0.289 e. The van der Waals surface area contributed by atoms with Gasteiger partial charge in [-0.15, -0.1) is 0 Å². The third-order valence-electron chi connectivity index (χ3n) is 3.06. The van der Waals surface area contributed by atoms with E-state index in [1.54, 1.807) is 17.0 Å². The summed E-state index contributed by atoms with van der Waals surface area (Å²) in [4.78, 5) is 14.2. The van der Waals surface area contributed by atoms with Gasteiger partial charge in [-0.3, -0.25) is 4.79 Å². The monoisotopic (exact) mass is 291 g/mol. The predicted octanol–water partition coefficient (Wildman–Crippen LogP) is 4.29. The summed E-state index contributed by atoms with van der Waals surface area (Å²) < 4.78 is 5.20. The number of carbonyl (C=O) groups is 1. The molecule has 0 aliphatic rings. The highest BCUT2D eigenvalue weighted by molar-refractivity contribution is 6.29. The van der Waals surface area contributed by atoms with E-state index in [4.69, 9.17) is 16.0 Å². The Morgan fingerprint density at radius 3 is 2.45 bits per heavy atom. The number of hydrogen-bond acceptors (Lipinski definition) is 2. The maximum absolute atomic E-state index is 12.4. The molecule has 3 nitrogen and oxygen atoms in total. The lowest BCUT2D eigenvalue weighted by atomic mass is 10.1. The number of carbonyl (C=O) groups excluding carboxylic acids is 1. The zero-order chi connectivity index (χ0) is 14.5. The Morgan fingerprint density at radius 1 is 1.20 bits per heavy atom. The topological polar surface area (TPSA) is 33.5 Å². The summed E-state index contributed by atoms with van der Waals surface area (Å²) in [7, 11) is 0. The molecule has 0 bridgehead atoms. The second kappa shape index (κ2) is 6.62. The van der Waals surface area contributed by atoms with Gasteiger partial charge >= 0.3 is 0 Å². The van der Waals surface area contributed by atoms with Crippen LogP contribution in [0.5, 0.6) is 0 Å². The lowest BCUT2D eigenvalue weighted by Crippen LogP contribution is -2.31. The molecule has 0 radical (unpaired) electrons. The van der Waals surface area contributed by atoms with Crippen molar-refractivity contribution in [3.8, 4) is 0 Å². The first-order valence-electron chi connectivity index (χ1n) is 6.70. The van der Waals surface area contributed by atoms with Gasteiger partial charge in [0.15, 0.2) is 11.0 Å². The average molecular weight is 292 g/mol. The minimum Gasteiger partial charge on any atom is -0.440 e. The average Bonchev–Trinajstić information content (AvgIpc) is 2.86. The molecule has 0 N–H and O–H groups in total. The summed E-state index contributed by atoms with van der Waals surface area (Å²) in [5, 5.41) is 0.236. The summed E-state index contributed by atoms with van der Waals surface area (Å²) in [5.41, 5.74) is 2.31. The van der Waals surface area contributed by atoms with Gasteiger partial charge in [0.2, 0.25) is 0 Å². The molecule has 0 aliphatic carbocycles. The standard InChI is InChI=1S/C16H18ClNO2/c1-3-10-18(11-13-6-4-12(2)5-7-13)16(19)14-8-9-15(17)20-14/h4-9H,3,10-11H2,1-2H3. The zero-order valence-corrected chi connectivity index (χ0v) is 12.5. The molecule has 0 unspecified atom stereocenters. The summed E-state index contributed by atoms with van der Waals surface area (Å²) in [5.74, 6) is 0.162. The molecule has 0 saturated carbocycles. The summed E-state index contributed by atoms with van der Waals surface area (Å²) in [6.45, 7) is 5.35. The van der Waals surface area contributed by atoms with Crippen LogP contribution in [0.1, 0.15) is 35.0 Å². The summed E-state index contributed by atoms with van der Waals surface area (Å²) in [6, 6.07) is 11.4. The van der Waals surface area contributed by atoms with Crippen LogP contribution in [0.25, 0.3) is 0 Å². The van der Waals surface area contributed by atoms with Gasteiger partial charge in [-0.2, -0.15) is 0 Å². The zero-order valence-electron chi connectivity index (χ0n) is 11.7. The van der Waals surface area contributed by atoms with Gasteiger partial charge in [-0.1, -0.05) is 36.8 Å². The summed E-state index contributed by atoms with van der Waals surface area (Å²) in [6.07, 6.45) is 0.895. The molecule has 0 atom stereocenters. The van der Waals surface area contributed by atoms with Crippen molar-refractivity contribution >= 4 is 17.5 Å². The van der Waals surface area contributed by atoms with E-state index < -0.39 is 0 Å². The van der Waals surface area contributed by atoms with E-state index in [0.717, 1.165) is 12.0 Å². The Morgan fingerprint density at radius 2 is 1.90 bits per heavy atom. The Hall–Kier alpha value is -1.74. The largest absolute Gasteiger partial charge is 0.440 e. The van der Waals surface area contributed by atoms with Gasteiger partial charge in [-0.05, 0) is 42.6 Å². The lowest BCUT2D eigenvalue weighted by molar-refractivity contribution is 0.0711. The van der Waals surface area contributed by atoms with Crippen molar-refractivity contribution in [3.05, 3.63) is 58.5 Å². The van der Waals surface area contributed by atoms with Crippen molar-refractivity contribution in [2.75, 3.05) is 6.54 Å². The fraction of sp³-hybridized carbons (Fsp3) is 0.312. The fourth-order valence-corrected chi connectivity index (χ4v) is 2.17. The number of amides is 1. The molecule has 1 heterocycles. The number of benzene rings is 1. The van der Waals surface area contributed by atoms with Crippen LogP contribution in [-0.2, 0) is 6.54 Å². The second-order valence-corrected chi connectivity index (χ2v) is 5.19. The highest BCUT2D eigenvalue weighted by Crippen LogP contribution is 2.17. The first-order chi connectivity index (χ1) is 9.60. The number of rotatable bonds is 5. The Balaban J connectivity index is 2.14. The van der Waals surface area contributed by atoms with Crippen LogP contribution in [0.3, 0.4) is 0 Å². The normalized spacial score (nSPS) is 10.6. The number of aryl methyl sites for hydroxylation is 1. The molecule has 4 heteroatoms. The van der Waals surface area contributed by atoms with Crippen LogP contribution in [0.2, 0.25) is 5.22 Å². The molecule has 0 aliphatic heterocycles. The SMILES string of the molecule is CCCN(Cc1ccc(C)cc1)C(=O)c1ccc(Cl)o1. The van der Waals surface area contributed by atoms with Crippen LogP contribution in [0, 0.1) is 6.92 Å². The molecule has 1 aromatic carbocycles. The highest BCUT2D eigenvalue weighted by Gasteiger charge is 2.18. The molecule has 2 aromatic rings. The van der Waals surface area contributed by atoms with E-state index in [1.165, 1.54) is 5.56 Å². The van der Waals surface area contributed by atoms with E-state index in [9.17, 15) is 4.79 Å². The number of nitrogens with zero attached hydrogens (tertiary/aromatic N) is 1. The molecule has 106 valence electrons. The third kappa shape index (κ3) is 3.64. The van der Waals surface area contributed by atoms with Crippen LogP contribution < -0.4 is 0 Å². The van der Waals surface area contributed by atoms with Gasteiger partial charge in [0.05, 0.1) is 0 Å². The van der Waals surface area contributed by atoms with E-state index in [0.29, 0.717) is 13.1 Å².